The van der Waals surface area contributed by atoms with Gasteiger partial charge in [0.1, 0.15) is 5.75 Å². The van der Waals surface area contributed by atoms with E-state index in [1.807, 2.05) is 6.07 Å². The van der Waals surface area contributed by atoms with E-state index in [-0.39, 0.29) is 5.91 Å². The van der Waals surface area contributed by atoms with E-state index < -0.39 is 0 Å². The molecule has 2 aromatic carbocycles. The molecule has 0 bridgehead atoms. The number of nitrogens with zero attached hydrogens (tertiary/aromatic N) is 3. The first-order chi connectivity index (χ1) is 13.7. The summed E-state index contributed by atoms with van der Waals surface area (Å²) >= 11 is 0. The smallest absolute Gasteiger partial charge is 0.298 e. The van der Waals surface area contributed by atoms with Crippen molar-refractivity contribution >= 4 is 18.6 Å². The summed E-state index contributed by atoms with van der Waals surface area (Å²) in [4.78, 5) is 27.1. The normalized spacial score (nSPS) is 15.4. The second-order valence-electron chi connectivity index (χ2n) is 6.58. The minimum Gasteiger partial charge on any atom is -0.428 e. The number of para-hydroxylation sites is 1. The summed E-state index contributed by atoms with van der Waals surface area (Å²) < 4.78 is 4.87. The molecule has 0 unspecified atom stereocenters. The lowest BCUT2D eigenvalue weighted by molar-refractivity contribution is -0.123. The van der Waals surface area contributed by atoms with Crippen LogP contribution < -0.4 is 10.2 Å². The molecule has 1 heterocycles. The van der Waals surface area contributed by atoms with Crippen molar-refractivity contribution in [2.45, 2.75) is 6.54 Å². The number of carbonyl (C=O) groups excluding carboxylic acids is 2. The zero-order chi connectivity index (χ0) is 19.6. The number of rotatable bonds is 8. The minimum absolute atomic E-state index is 0.165. The van der Waals surface area contributed by atoms with Crippen LogP contribution in [0, 0.1) is 0 Å². The van der Waals surface area contributed by atoms with Gasteiger partial charge in [-0.2, -0.15) is 5.10 Å². The highest BCUT2D eigenvalue weighted by Crippen LogP contribution is 2.14. The van der Waals surface area contributed by atoms with E-state index in [9.17, 15) is 9.59 Å². The first-order valence-electron chi connectivity index (χ1n) is 9.24. The Hall–Kier alpha value is -3.03. The molecule has 0 radical (unpaired) electrons. The van der Waals surface area contributed by atoms with E-state index in [0.29, 0.717) is 24.3 Å². The Labute approximate surface area is 164 Å². The van der Waals surface area contributed by atoms with Gasteiger partial charge in [-0.05, 0) is 17.7 Å². The van der Waals surface area contributed by atoms with Crippen LogP contribution in [0.4, 0.5) is 0 Å². The summed E-state index contributed by atoms with van der Waals surface area (Å²) in [6, 6.07) is 17.4. The van der Waals surface area contributed by atoms with Gasteiger partial charge in [-0.3, -0.25) is 19.4 Å². The predicted octanol–water partition coefficient (Wildman–Crippen LogP) is 1.49. The lowest BCUT2D eigenvalue weighted by Crippen LogP contribution is -2.48. The number of piperazine rings is 1. The molecule has 28 heavy (non-hydrogen) atoms. The van der Waals surface area contributed by atoms with Crippen LogP contribution in [0.5, 0.6) is 5.75 Å². The van der Waals surface area contributed by atoms with Gasteiger partial charge in [0.15, 0.2) is 0 Å². The number of hydrogen-bond donors (Lipinski definition) is 1. The van der Waals surface area contributed by atoms with Gasteiger partial charge in [-0.1, -0.05) is 42.5 Å². The zero-order valence-electron chi connectivity index (χ0n) is 15.7. The minimum atomic E-state index is -0.165. The number of nitrogens with one attached hydrogen (secondary N) is 1. The maximum atomic E-state index is 12.1. The summed E-state index contributed by atoms with van der Waals surface area (Å²) in [6.45, 7) is 5.17. The fourth-order valence-corrected chi connectivity index (χ4v) is 3.11. The van der Waals surface area contributed by atoms with Crippen molar-refractivity contribution in [3.8, 4) is 5.75 Å². The molecular formula is C21H24N4O3. The molecule has 0 saturated carbocycles. The van der Waals surface area contributed by atoms with Crippen LogP contribution in [0.25, 0.3) is 0 Å². The number of carbonyl (C=O) groups is 2. The van der Waals surface area contributed by atoms with Crippen LogP contribution in [0.15, 0.2) is 59.7 Å². The number of benzene rings is 2. The third-order valence-electron chi connectivity index (χ3n) is 4.57. The van der Waals surface area contributed by atoms with Crippen LogP contribution in [0.2, 0.25) is 0 Å². The third kappa shape index (κ3) is 6.00. The van der Waals surface area contributed by atoms with Crippen LogP contribution >= 0.6 is 0 Å². The van der Waals surface area contributed by atoms with Gasteiger partial charge in [-0.15, -0.1) is 0 Å². The van der Waals surface area contributed by atoms with Crippen molar-refractivity contribution in [3.05, 3.63) is 65.7 Å². The first kappa shape index (κ1) is 19.7. The lowest BCUT2D eigenvalue weighted by atomic mass is 10.2. The molecular weight excluding hydrogens is 356 g/mol. The Kier molecular flexibility index (Phi) is 7.29. The van der Waals surface area contributed by atoms with E-state index in [0.717, 1.165) is 32.7 Å². The van der Waals surface area contributed by atoms with Gasteiger partial charge in [0.25, 0.3) is 12.4 Å². The van der Waals surface area contributed by atoms with E-state index >= 15 is 0 Å². The lowest BCUT2D eigenvalue weighted by Gasteiger charge is -2.34. The molecule has 7 nitrogen and oxygen atoms in total. The van der Waals surface area contributed by atoms with E-state index in [2.05, 4.69) is 44.6 Å². The molecule has 2 aromatic rings. The second kappa shape index (κ2) is 10.3. The average Bonchev–Trinajstić information content (AvgIpc) is 2.72. The molecule has 3 rings (SSSR count). The molecule has 0 atom stereocenters. The zero-order valence-corrected chi connectivity index (χ0v) is 15.7. The van der Waals surface area contributed by atoms with Gasteiger partial charge < -0.3 is 4.74 Å². The van der Waals surface area contributed by atoms with Crippen molar-refractivity contribution in [1.82, 2.24) is 15.2 Å². The summed E-state index contributed by atoms with van der Waals surface area (Å²) in [5.41, 5.74) is 4.45. The molecule has 7 heteroatoms. The Bertz CT molecular complexity index is 802. The Morgan fingerprint density at radius 2 is 1.68 bits per heavy atom. The fraction of sp³-hybridized carbons (Fsp3) is 0.286. The topological polar surface area (TPSA) is 74.2 Å². The molecule has 1 saturated heterocycles. The van der Waals surface area contributed by atoms with Crippen LogP contribution in [0.1, 0.15) is 11.1 Å². The summed E-state index contributed by atoms with van der Waals surface area (Å²) in [6.07, 6.45) is 1.47. The largest absolute Gasteiger partial charge is 0.428 e. The van der Waals surface area contributed by atoms with E-state index in [1.54, 1.807) is 24.3 Å². The molecule has 1 fully saturated rings. The van der Waals surface area contributed by atoms with Gasteiger partial charge in [0, 0.05) is 38.3 Å². The number of hydrogen-bond acceptors (Lipinski definition) is 6. The van der Waals surface area contributed by atoms with Gasteiger partial charge in [-0.25, -0.2) is 5.43 Å². The molecule has 1 aliphatic heterocycles. The van der Waals surface area contributed by atoms with Crippen LogP contribution in [0.3, 0.4) is 0 Å². The molecule has 0 spiro atoms. The Morgan fingerprint density at radius 3 is 2.43 bits per heavy atom. The van der Waals surface area contributed by atoms with E-state index in [4.69, 9.17) is 4.74 Å². The first-order valence-corrected chi connectivity index (χ1v) is 9.24. The highest BCUT2D eigenvalue weighted by atomic mass is 16.5. The molecule has 1 N–H and O–H groups in total. The van der Waals surface area contributed by atoms with Crippen LogP contribution in [-0.4, -0.2) is 61.1 Å². The van der Waals surface area contributed by atoms with Crippen molar-refractivity contribution in [3.63, 3.8) is 0 Å². The maximum Gasteiger partial charge on any atom is 0.298 e. The second-order valence-corrected chi connectivity index (χ2v) is 6.58. The summed E-state index contributed by atoms with van der Waals surface area (Å²) in [7, 11) is 0. The van der Waals surface area contributed by atoms with Gasteiger partial charge in [0.05, 0.1) is 12.8 Å². The number of amides is 1. The van der Waals surface area contributed by atoms with Gasteiger partial charge >= 0.3 is 0 Å². The predicted molar refractivity (Wildman–Crippen MR) is 107 cm³/mol. The number of hydrazone groups is 1. The SMILES string of the molecule is O=COc1ccccc1C=NNC(=O)CN1CCN(Cc2ccccc2)CC1. The highest BCUT2D eigenvalue weighted by Gasteiger charge is 2.18. The number of ether oxygens (including phenoxy) is 1. The molecule has 0 aliphatic carbocycles. The quantitative estimate of drug-likeness (QED) is 0.427. The Morgan fingerprint density at radius 1 is 1.00 bits per heavy atom. The van der Waals surface area contributed by atoms with Crippen molar-refractivity contribution in [2.75, 3.05) is 32.7 Å². The van der Waals surface area contributed by atoms with Crippen molar-refractivity contribution in [1.29, 1.82) is 0 Å². The fourth-order valence-electron chi connectivity index (χ4n) is 3.11. The van der Waals surface area contributed by atoms with Crippen LogP contribution in [-0.2, 0) is 16.1 Å². The molecule has 1 aliphatic rings. The highest BCUT2D eigenvalue weighted by molar-refractivity contribution is 5.86. The maximum absolute atomic E-state index is 12.1. The van der Waals surface area contributed by atoms with Gasteiger partial charge in [0.2, 0.25) is 0 Å². The van der Waals surface area contributed by atoms with E-state index in [1.165, 1.54) is 11.8 Å². The third-order valence-corrected chi connectivity index (χ3v) is 4.57. The summed E-state index contributed by atoms with van der Waals surface area (Å²) in [5.74, 6) is 0.228. The summed E-state index contributed by atoms with van der Waals surface area (Å²) in [5, 5.41) is 3.96. The molecule has 1 amide bonds. The van der Waals surface area contributed by atoms with Crippen molar-refractivity contribution < 1.29 is 14.3 Å². The molecule has 0 aromatic heterocycles. The average molecular weight is 380 g/mol. The Balaban J connectivity index is 1.41. The monoisotopic (exact) mass is 380 g/mol. The van der Waals surface area contributed by atoms with Crippen molar-refractivity contribution in [2.24, 2.45) is 5.10 Å². The molecule has 146 valence electrons. The standard InChI is InChI=1S/C21H24N4O3/c26-17-28-20-9-5-4-8-19(20)14-22-23-21(27)16-25-12-10-24(11-13-25)15-18-6-2-1-3-7-18/h1-9,14,17H,10-13,15-16H2,(H,23,27).